The summed E-state index contributed by atoms with van der Waals surface area (Å²) in [6.45, 7) is 4.82. The molecule has 0 atom stereocenters. The zero-order valence-electron chi connectivity index (χ0n) is 14.0. The van der Waals surface area contributed by atoms with E-state index >= 15 is 0 Å². The minimum atomic E-state index is -0.0450. The van der Waals surface area contributed by atoms with Gasteiger partial charge >= 0.3 is 0 Å². The van der Waals surface area contributed by atoms with Gasteiger partial charge in [-0.05, 0) is 31.4 Å². The van der Waals surface area contributed by atoms with E-state index in [2.05, 4.69) is 45.5 Å². The van der Waals surface area contributed by atoms with Crippen LogP contribution in [0.2, 0.25) is 0 Å². The molecule has 24 heavy (non-hydrogen) atoms. The molecule has 2 aromatic rings. The molecule has 0 unspecified atom stereocenters. The molecule has 0 radical (unpaired) electrons. The van der Waals surface area contributed by atoms with E-state index in [9.17, 15) is 4.79 Å². The summed E-state index contributed by atoms with van der Waals surface area (Å²) >= 11 is 1.63. The van der Waals surface area contributed by atoms with Crippen molar-refractivity contribution in [1.29, 1.82) is 0 Å². The number of nitrogens with zero attached hydrogens (tertiary/aromatic N) is 2. The lowest BCUT2D eigenvalue weighted by Crippen LogP contribution is -2.28. The fraction of sp³-hybridized carbons (Fsp3) is 0.444. The van der Waals surface area contributed by atoms with Gasteiger partial charge < -0.3 is 10.2 Å². The highest BCUT2D eigenvalue weighted by Crippen LogP contribution is 2.26. The molecular weight excluding hydrogens is 342 g/mol. The largest absolute Gasteiger partial charge is 0.303 e. The number of aromatic nitrogens is 1. The fourth-order valence-electron chi connectivity index (χ4n) is 2.99. The van der Waals surface area contributed by atoms with Gasteiger partial charge in [0.05, 0.1) is 5.69 Å². The van der Waals surface area contributed by atoms with Crippen molar-refractivity contribution in [3.05, 3.63) is 46.5 Å². The number of halogens is 1. The van der Waals surface area contributed by atoms with Crippen LogP contribution in [0.25, 0.3) is 0 Å². The summed E-state index contributed by atoms with van der Waals surface area (Å²) in [6.07, 6.45) is 4.36. The van der Waals surface area contributed by atoms with E-state index in [1.54, 1.807) is 11.3 Å². The van der Waals surface area contributed by atoms with E-state index in [0.717, 1.165) is 44.0 Å². The molecule has 130 valence electrons. The number of aryl methyl sites for hydroxylation is 1. The highest BCUT2D eigenvalue weighted by molar-refractivity contribution is 7.15. The molecule has 0 bridgehead atoms. The van der Waals surface area contributed by atoms with Crippen LogP contribution >= 0.6 is 23.7 Å². The predicted molar refractivity (Wildman–Crippen MR) is 102 cm³/mol. The maximum atomic E-state index is 11.1. The summed E-state index contributed by atoms with van der Waals surface area (Å²) in [7, 11) is 0. The molecule has 0 saturated heterocycles. The molecule has 3 rings (SSSR count). The van der Waals surface area contributed by atoms with Crippen LogP contribution in [0.15, 0.2) is 30.3 Å². The molecule has 4 nitrogen and oxygen atoms in total. The third-order valence-corrected chi connectivity index (χ3v) is 5.24. The Bertz CT molecular complexity index is 634. The lowest BCUT2D eigenvalue weighted by Gasteiger charge is -2.19. The number of carbonyl (C=O) groups excluding carboxylic acids is 1. The SMILES string of the molecule is CC(=O)Nc1nc2c(s1)CCN(CCCc1ccccc1)CC2.Cl. The highest BCUT2D eigenvalue weighted by atomic mass is 35.5. The van der Waals surface area contributed by atoms with Crippen molar-refractivity contribution < 1.29 is 4.79 Å². The number of rotatable bonds is 5. The van der Waals surface area contributed by atoms with Crippen LogP contribution in [0.1, 0.15) is 29.5 Å². The smallest absolute Gasteiger partial charge is 0.223 e. The first kappa shape index (κ1) is 18.9. The van der Waals surface area contributed by atoms with Crippen LogP contribution in [-0.2, 0) is 24.1 Å². The Balaban J connectivity index is 0.00000208. The van der Waals surface area contributed by atoms with Crippen LogP contribution in [0, 0.1) is 0 Å². The first-order chi connectivity index (χ1) is 11.2. The van der Waals surface area contributed by atoms with Gasteiger partial charge in [0.25, 0.3) is 0 Å². The molecule has 1 amide bonds. The third kappa shape index (κ3) is 5.30. The maximum absolute atomic E-state index is 11.1. The number of carbonyl (C=O) groups is 1. The van der Waals surface area contributed by atoms with Gasteiger partial charge in [-0.25, -0.2) is 4.98 Å². The summed E-state index contributed by atoms with van der Waals surface area (Å²) < 4.78 is 0. The van der Waals surface area contributed by atoms with Crippen molar-refractivity contribution >= 4 is 34.8 Å². The summed E-state index contributed by atoms with van der Waals surface area (Å²) in [4.78, 5) is 19.6. The van der Waals surface area contributed by atoms with Gasteiger partial charge in [0.1, 0.15) is 0 Å². The number of nitrogens with one attached hydrogen (secondary N) is 1. The lowest BCUT2D eigenvalue weighted by atomic mass is 10.1. The molecule has 1 aromatic carbocycles. The zero-order chi connectivity index (χ0) is 16.1. The number of benzene rings is 1. The Morgan fingerprint density at radius 3 is 2.75 bits per heavy atom. The van der Waals surface area contributed by atoms with Gasteiger partial charge in [-0.2, -0.15) is 0 Å². The molecule has 1 aliphatic heterocycles. The molecule has 2 heterocycles. The monoisotopic (exact) mass is 365 g/mol. The molecule has 1 aliphatic rings. The minimum absolute atomic E-state index is 0. The minimum Gasteiger partial charge on any atom is -0.303 e. The Morgan fingerprint density at radius 2 is 2.00 bits per heavy atom. The fourth-order valence-corrected chi connectivity index (χ4v) is 4.03. The first-order valence-corrected chi connectivity index (χ1v) is 9.05. The summed E-state index contributed by atoms with van der Waals surface area (Å²) in [5.74, 6) is -0.0450. The molecule has 1 aromatic heterocycles. The molecule has 1 N–H and O–H groups in total. The van der Waals surface area contributed by atoms with Gasteiger partial charge in [0.2, 0.25) is 5.91 Å². The van der Waals surface area contributed by atoms with E-state index < -0.39 is 0 Å². The molecule has 6 heteroatoms. The Hall–Kier alpha value is -1.43. The summed E-state index contributed by atoms with van der Waals surface area (Å²) in [5, 5.41) is 3.55. The van der Waals surface area contributed by atoms with Crippen LogP contribution in [0.4, 0.5) is 5.13 Å². The number of amides is 1. The van der Waals surface area contributed by atoms with Gasteiger partial charge in [-0.15, -0.1) is 23.7 Å². The molecular formula is C18H24ClN3OS. The Kier molecular flexibility index (Phi) is 7.21. The van der Waals surface area contributed by atoms with Crippen molar-refractivity contribution in [3.63, 3.8) is 0 Å². The normalized spacial score (nSPS) is 14.4. The molecule has 0 fully saturated rings. The van der Waals surface area contributed by atoms with Gasteiger partial charge in [0, 0.05) is 31.3 Å². The average molecular weight is 366 g/mol. The average Bonchev–Trinajstić information content (AvgIpc) is 2.82. The van der Waals surface area contributed by atoms with Crippen molar-refractivity contribution in [2.45, 2.75) is 32.6 Å². The number of fused-ring (bicyclic) bond motifs is 1. The number of thiazole rings is 1. The second-order valence-electron chi connectivity index (χ2n) is 6.00. The quantitative estimate of drug-likeness (QED) is 0.881. The second-order valence-corrected chi connectivity index (χ2v) is 7.08. The Morgan fingerprint density at radius 1 is 1.25 bits per heavy atom. The van der Waals surface area contributed by atoms with Crippen LogP contribution < -0.4 is 5.32 Å². The van der Waals surface area contributed by atoms with Crippen LogP contribution in [-0.4, -0.2) is 35.4 Å². The third-order valence-electron chi connectivity index (χ3n) is 4.16. The van der Waals surface area contributed by atoms with Crippen molar-refractivity contribution in [2.75, 3.05) is 25.0 Å². The first-order valence-electron chi connectivity index (χ1n) is 8.23. The zero-order valence-corrected chi connectivity index (χ0v) is 15.6. The van der Waals surface area contributed by atoms with Crippen molar-refractivity contribution in [3.8, 4) is 0 Å². The van der Waals surface area contributed by atoms with Gasteiger partial charge in [-0.1, -0.05) is 30.3 Å². The van der Waals surface area contributed by atoms with E-state index in [0.29, 0.717) is 0 Å². The topological polar surface area (TPSA) is 45.2 Å². The summed E-state index contributed by atoms with van der Waals surface area (Å²) in [5.41, 5.74) is 2.59. The van der Waals surface area contributed by atoms with Crippen molar-refractivity contribution in [1.82, 2.24) is 9.88 Å². The summed E-state index contributed by atoms with van der Waals surface area (Å²) in [6, 6.07) is 10.7. The van der Waals surface area contributed by atoms with Gasteiger partial charge in [-0.3, -0.25) is 4.79 Å². The van der Waals surface area contributed by atoms with E-state index in [1.807, 2.05) is 0 Å². The standard InChI is InChI=1S/C18H23N3OS.ClH/c1-14(22)19-18-20-16-9-12-21(13-10-17(16)23-18)11-5-8-15-6-3-2-4-7-15;/h2-4,6-7H,5,8-13H2,1H3,(H,19,20,22);1H. The number of anilines is 1. The van der Waals surface area contributed by atoms with E-state index in [1.165, 1.54) is 29.5 Å². The van der Waals surface area contributed by atoms with Crippen LogP contribution in [0.3, 0.4) is 0 Å². The second kappa shape index (κ2) is 9.16. The molecule has 0 aliphatic carbocycles. The number of hydrogen-bond acceptors (Lipinski definition) is 4. The predicted octanol–water partition coefficient (Wildman–Crippen LogP) is 3.56. The van der Waals surface area contributed by atoms with Crippen molar-refractivity contribution in [2.24, 2.45) is 0 Å². The van der Waals surface area contributed by atoms with E-state index in [-0.39, 0.29) is 18.3 Å². The van der Waals surface area contributed by atoms with Gasteiger partial charge in [0.15, 0.2) is 5.13 Å². The van der Waals surface area contributed by atoms with Crippen LogP contribution in [0.5, 0.6) is 0 Å². The molecule has 0 spiro atoms. The molecule has 0 saturated carbocycles. The lowest BCUT2D eigenvalue weighted by molar-refractivity contribution is -0.114. The number of hydrogen-bond donors (Lipinski definition) is 1. The highest BCUT2D eigenvalue weighted by Gasteiger charge is 2.18. The maximum Gasteiger partial charge on any atom is 0.223 e. The Labute approximate surface area is 153 Å². The van der Waals surface area contributed by atoms with E-state index in [4.69, 9.17) is 0 Å².